The van der Waals surface area contributed by atoms with E-state index >= 15 is 0 Å². The Morgan fingerprint density at radius 2 is 2.05 bits per heavy atom. The van der Waals surface area contributed by atoms with Crippen molar-refractivity contribution in [1.82, 2.24) is 4.90 Å². The molecule has 1 aromatic carbocycles. The summed E-state index contributed by atoms with van der Waals surface area (Å²) in [6, 6.07) is 2.69. The number of rotatable bonds is 2. The number of halogens is 2. The zero-order chi connectivity index (χ0) is 14.6. The van der Waals surface area contributed by atoms with Crippen LogP contribution in [-0.2, 0) is 11.2 Å². The van der Waals surface area contributed by atoms with Gasteiger partial charge in [-0.2, -0.15) is 0 Å². The van der Waals surface area contributed by atoms with Crippen molar-refractivity contribution in [3.05, 3.63) is 29.3 Å². The molecule has 1 aromatic rings. The van der Waals surface area contributed by atoms with Crippen LogP contribution in [0.3, 0.4) is 0 Å². The number of β-lactam (4-membered cyclic amide) rings is 1. The molecule has 4 rings (SSSR count). The highest BCUT2D eigenvalue weighted by Crippen LogP contribution is 2.41. The van der Waals surface area contributed by atoms with Gasteiger partial charge in [0.2, 0.25) is 5.91 Å². The number of amides is 1. The molecular formula is C16H18F2N2O. The summed E-state index contributed by atoms with van der Waals surface area (Å²) >= 11 is 0. The second kappa shape index (κ2) is 4.68. The Kier molecular flexibility index (Phi) is 2.91. The third kappa shape index (κ3) is 1.93. The fourth-order valence-electron chi connectivity index (χ4n) is 4.13. The van der Waals surface area contributed by atoms with Crippen molar-refractivity contribution in [3.63, 3.8) is 0 Å². The van der Waals surface area contributed by atoms with E-state index in [1.807, 2.05) is 9.80 Å². The molecule has 0 bridgehead atoms. The van der Waals surface area contributed by atoms with E-state index in [-0.39, 0.29) is 11.8 Å². The van der Waals surface area contributed by atoms with Crippen LogP contribution in [-0.4, -0.2) is 30.1 Å². The van der Waals surface area contributed by atoms with E-state index in [0.29, 0.717) is 24.8 Å². The Bertz CT molecular complexity index is 604. The van der Waals surface area contributed by atoms with E-state index in [1.54, 1.807) is 0 Å². The summed E-state index contributed by atoms with van der Waals surface area (Å²) in [5.41, 5.74) is 1.20. The molecule has 21 heavy (non-hydrogen) atoms. The molecule has 1 saturated heterocycles. The monoisotopic (exact) mass is 292 g/mol. The summed E-state index contributed by atoms with van der Waals surface area (Å²) in [5.74, 6) is -0.635. The number of likely N-dealkylation sites (tertiary alicyclic amines) is 1. The smallest absolute Gasteiger partial charge is 0.229 e. The average Bonchev–Trinajstić information content (AvgIpc) is 2.88. The van der Waals surface area contributed by atoms with Crippen LogP contribution < -0.4 is 4.90 Å². The van der Waals surface area contributed by atoms with Gasteiger partial charge in [0.05, 0.1) is 18.3 Å². The lowest BCUT2D eigenvalue weighted by Crippen LogP contribution is -2.61. The number of benzene rings is 1. The number of nitrogens with zero attached hydrogens (tertiary/aromatic N) is 2. The molecule has 0 radical (unpaired) electrons. The van der Waals surface area contributed by atoms with Crippen molar-refractivity contribution in [2.45, 2.75) is 38.1 Å². The minimum atomic E-state index is -0.524. The van der Waals surface area contributed by atoms with Crippen molar-refractivity contribution in [2.75, 3.05) is 18.1 Å². The van der Waals surface area contributed by atoms with Crippen molar-refractivity contribution in [2.24, 2.45) is 5.92 Å². The van der Waals surface area contributed by atoms with E-state index in [9.17, 15) is 13.6 Å². The molecule has 0 spiro atoms. The molecule has 1 aliphatic carbocycles. The van der Waals surface area contributed by atoms with Gasteiger partial charge in [-0.1, -0.05) is 6.42 Å². The van der Waals surface area contributed by atoms with Gasteiger partial charge < -0.3 is 9.80 Å². The van der Waals surface area contributed by atoms with Crippen LogP contribution in [0.4, 0.5) is 14.5 Å². The maximum Gasteiger partial charge on any atom is 0.229 e. The van der Waals surface area contributed by atoms with Crippen LogP contribution in [0.5, 0.6) is 0 Å². The van der Waals surface area contributed by atoms with E-state index in [1.165, 1.54) is 6.07 Å². The van der Waals surface area contributed by atoms with Gasteiger partial charge in [0.25, 0.3) is 0 Å². The summed E-state index contributed by atoms with van der Waals surface area (Å²) in [6.45, 7) is 1.16. The summed E-state index contributed by atoms with van der Waals surface area (Å²) in [4.78, 5) is 15.9. The first-order valence-electron chi connectivity index (χ1n) is 7.68. The molecule has 2 fully saturated rings. The topological polar surface area (TPSA) is 23.6 Å². The van der Waals surface area contributed by atoms with Crippen molar-refractivity contribution in [3.8, 4) is 0 Å². The Morgan fingerprint density at radius 3 is 2.90 bits per heavy atom. The molecule has 3 aliphatic rings. The van der Waals surface area contributed by atoms with Crippen LogP contribution in [0, 0.1) is 17.6 Å². The van der Waals surface area contributed by atoms with Crippen LogP contribution in [0.2, 0.25) is 0 Å². The first-order valence-corrected chi connectivity index (χ1v) is 7.68. The first kappa shape index (κ1) is 13.0. The zero-order valence-corrected chi connectivity index (χ0v) is 11.8. The third-order valence-corrected chi connectivity index (χ3v) is 5.10. The van der Waals surface area contributed by atoms with E-state index < -0.39 is 11.6 Å². The van der Waals surface area contributed by atoms with E-state index in [4.69, 9.17) is 0 Å². The van der Waals surface area contributed by atoms with E-state index in [2.05, 4.69) is 0 Å². The molecule has 0 aromatic heterocycles. The highest BCUT2D eigenvalue weighted by atomic mass is 19.1. The normalized spacial score (nSPS) is 27.4. The maximum absolute atomic E-state index is 14.1. The Labute approximate surface area is 122 Å². The quantitative estimate of drug-likeness (QED) is 0.783. The van der Waals surface area contributed by atoms with Crippen LogP contribution in [0.25, 0.3) is 0 Å². The highest BCUT2D eigenvalue weighted by molar-refractivity contribution is 5.86. The number of carbonyl (C=O) groups excluding carboxylic acids is 1. The van der Waals surface area contributed by atoms with Gasteiger partial charge in [0.15, 0.2) is 0 Å². The Balaban J connectivity index is 1.59. The second-order valence-electron chi connectivity index (χ2n) is 6.32. The predicted molar refractivity (Wildman–Crippen MR) is 74.9 cm³/mol. The third-order valence-electron chi connectivity index (χ3n) is 5.10. The van der Waals surface area contributed by atoms with Crippen LogP contribution in [0.15, 0.2) is 12.1 Å². The standard InChI is InChI=1S/C16H18F2N2O/c17-11-7-10-3-2-6-19(15(10)13(18)8-11)9-20-14-5-1-4-12(14)16(20)21/h7-8,12,14H,1-6,9H2/t12-,14-/m0/s1. The van der Waals surface area contributed by atoms with Gasteiger partial charge in [-0.3, -0.25) is 4.79 Å². The Hall–Kier alpha value is -1.65. The largest absolute Gasteiger partial charge is 0.351 e. The lowest BCUT2D eigenvalue weighted by molar-refractivity contribution is -0.153. The number of hydrogen-bond donors (Lipinski definition) is 0. The highest BCUT2D eigenvalue weighted by Gasteiger charge is 2.50. The fourth-order valence-corrected chi connectivity index (χ4v) is 4.13. The van der Waals surface area contributed by atoms with Crippen molar-refractivity contribution >= 4 is 11.6 Å². The second-order valence-corrected chi connectivity index (χ2v) is 6.32. The molecule has 1 saturated carbocycles. The summed E-state index contributed by atoms with van der Waals surface area (Å²) in [5, 5.41) is 0. The Morgan fingerprint density at radius 1 is 1.19 bits per heavy atom. The fraction of sp³-hybridized carbons (Fsp3) is 0.562. The lowest BCUT2D eigenvalue weighted by atomic mass is 9.91. The van der Waals surface area contributed by atoms with Crippen LogP contribution in [0.1, 0.15) is 31.2 Å². The molecule has 112 valence electrons. The lowest BCUT2D eigenvalue weighted by Gasteiger charge is -2.47. The van der Waals surface area contributed by atoms with Crippen molar-refractivity contribution in [1.29, 1.82) is 0 Å². The van der Waals surface area contributed by atoms with Gasteiger partial charge in [-0.15, -0.1) is 0 Å². The predicted octanol–water partition coefficient (Wildman–Crippen LogP) is 2.69. The molecule has 0 N–H and O–H groups in total. The van der Waals surface area contributed by atoms with Gasteiger partial charge >= 0.3 is 0 Å². The SMILES string of the molecule is O=C1[C@H]2CCC[C@@H]2N1CN1CCCc2cc(F)cc(F)c21. The number of carbonyl (C=O) groups is 1. The maximum atomic E-state index is 14.1. The molecule has 2 atom stereocenters. The number of anilines is 1. The summed E-state index contributed by atoms with van der Waals surface area (Å²) in [6.07, 6.45) is 4.72. The van der Waals surface area contributed by atoms with Crippen molar-refractivity contribution < 1.29 is 13.6 Å². The minimum absolute atomic E-state index is 0.201. The van der Waals surface area contributed by atoms with Gasteiger partial charge in [-0.25, -0.2) is 8.78 Å². The summed E-state index contributed by atoms with van der Waals surface area (Å²) in [7, 11) is 0. The van der Waals surface area contributed by atoms with Gasteiger partial charge in [0, 0.05) is 18.7 Å². The summed E-state index contributed by atoms with van der Waals surface area (Å²) < 4.78 is 27.5. The molecule has 2 aliphatic heterocycles. The zero-order valence-electron chi connectivity index (χ0n) is 11.8. The molecule has 3 nitrogen and oxygen atoms in total. The number of hydrogen-bond acceptors (Lipinski definition) is 2. The van der Waals surface area contributed by atoms with Gasteiger partial charge in [0.1, 0.15) is 11.6 Å². The number of aryl methyl sites for hydroxylation is 1. The first-order chi connectivity index (χ1) is 10.1. The van der Waals surface area contributed by atoms with Gasteiger partial charge in [-0.05, 0) is 37.3 Å². The molecule has 2 heterocycles. The number of fused-ring (bicyclic) bond motifs is 2. The molecule has 5 heteroatoms. The molecule has 1 amide bonds. The average molecular weight is 292 g/mol. The molecular weight excluding hydrogens is 274 g/mol. The minimum Gasteiger partial charge on any atom is -0.351 e. The van der Waals surface area contributed by atoms with E-state index in [0.717, 1.165) is 43.9 Å². The van der Waals surface area contributed by atoms with Crippen LogP contribution >= 0.6 is 0 Å². The molecule has 0 unspecified atom stereocenters.